The molecule has 5 heteroatoms. The van der Waals surface area contributed by atoms with Crippen LogP contribution in [0, 0.1) is 0 Å². The number of nitrogens with one attached hydrogen (secondary N) is 1. The average molecular weight is 306 g/mol. The Kier molecular flexibility index (Phi) is 4.52. The van der Waals surface area contributed by atoms with Gasteiger partial charge in [0.15, 0.2) is 0 Å². The van der Waals surface area contributed by atoms with Crippen LogP contribution in [0.25, 0.3) is 0 Å². The smallest absolute Gasteiger partial charge is 0.325 e. The van der Waals surface area contributed by atoms with Crippen LogP contribution in [-0.2, 0) is 9.53 Å². The second-order valence-corrected chi connectivity index (χ2v) is 5.92. The number of thiophene rings is 1. The van der Waals surface area contributed by atoms with Crippen molar-refractivity contribution in [2.24, 2.45) is 0 Å². The second-order valence-electron chi connectivity index (χ2n) is 4.12. The van der Waals surface area contributed by atoms with Gasteiger partial charge in [-0.1, -0.05) is 0 Å². The first-order chi connectivity index (χ1) is 7.38. The molecule has 0 spiro atoms. The molecule has 1 heterocycles. The van der Waals surface area contributed by atoms with Gasteiger partial charge in [0.25, 0.3) is 0 Å². The van der Waals surface area contributed by atoms with Gasteiger partial charge in [-0.2, -0.15) is 0 Å². The minimum atomic E-state index is -0.683. The first-order valence-electron chi connectivity index (χ1n) is 4.97. The molecule has 1 atom stereocenters. The summed E-state index contributed by atoms with van der Waals surface area (Å²) in [7, 11) is 1.40. The van der Waals surface area contributed by atoms with Gasteiger partial charge in [-0.25, -0.2) is 0 Å². The maximum Gasteiger partial charge on any atom is 0.325 e. The molecule has 0 fully saturated rings. The summed E-state index contributed by atoms with van der Waals surface area (Å²) in [6, 6.07) is 2.10. The monoisotopic (exact) mass is 305 g/mol. The predicted octanol–water partition coefficient (Wildman–Crippen LogP) is 3.11. The summed E-state index contributed by atoms with van der Waals surface area (Å²) >= 11 is 5.14. The number of halogens is 1. The number of hydrogen-bond acceptors (Lipinski definition) is 4. The van der Waals surface area contributed by atoms with E-state index in [4.69, 9.17) is 4.74 Å². The van der Waals surface area contributed by atoms with Gasteiger partial charge in [0.05, 0.1) is 7.11 Å². The zero-order chi connectivity index (χ0) is 12.3. The van der Waals surface area contributed by atoms with Crippen LogP contribution < -0.4 is 5.32 Å². The van der Waals surface area contributed by atoms with Crippen LogP contribution in [-0.4, -0.2) is 18.6 Å². The van der Waals surface area contributed by atoms with E-state index in [0.717, 1.165) is 4.47 Å². The van der Waals surface area contributed by atoms with Crippen LogP contribution in [0.3, 0.4) is 0 Å². The lowest BCUT2D eigenvalue weighted by molar-refractivity contribution is -0.147. The molecule has 0 aliphatic rings. The number of rotatable bonds is 4. The summed E-state index contributed by atoms with van der Waals surface area (Å²) in [5.41, 5.74) is -0.683. The molecule has 1 aromatic rings. The molecule has 0 aromatic carbocycles. The van der Waals surface area contributed by atoms with Crippen molar-refractivity contribution in [3.8, 4) is 0 Å². The number of esters is 1. The molecule has 3 nitrogen and oxygen atoms in total. The molecule has 0 amide bonds. The number of methoxy groups -OCH3 is 1. The highest BCUT2D eigenvalue weighted by Crippen LogP contribution is 2.30. The van der Waals surface area contributed by atoms with Crippen molar-refractivity contribution in [1.29, 1.82) is 0 Å². The Hall–Kier alpha value is -0.390. The van der Waals surface area contributed by atoms with Gasteiger partial charge in [0.2, 0.25) is 0 Å². The standard InChI is InChI=1S/C11H16BrNO2S/c1-7(9-8(12)5-6-16-9)13-11(2,3)10(14)15-4/h5-7,13H,1-4H3. The van der Waals surface area contributed by atoms with Crippen molar-refractivity contribution in [2.75, 3.05) is 7.11 Å². The number of carbonyl (C=O) groups excluding carboxylic acids is 1. The lowest BCUT2D eigenvalue weighted by Crippen LogP contribution is -2.48. The van der Waals surface area contributed by atoms with Gasteiger partial charge in [-0.15, -0.1) is 11.3 Å². The minimum absolute atomic E-state index is 0.100. The Labute approximate surface area is 108 Å². The molecule has 1 aromatic heterocycles. The fraction of sp³-hybridized carbons (Fsp3) is 0.545. The van der Waals surface area contributed by atoms with Gasteiger partial charge in [0, 0.05) is 15.4 Å². The van der Waals surface area contributed by atoms with Crippen LogP contribution >= 0.6 is 27.3 Å². The predicted molar refractivity (Wildman–Crippen MR) is 69.7 cm³/mol. The van der Waals surface area contributed by atoms with Gasteiger partial charge in [-0.05, 0) is 48.1 Å². The van der Waals surface area contributed by atoms with Crippen LogP contribution in [0.1, 0.15) is 31.7 Å². The summed E-state index contributed by atoms with van der Waals surface area (Å²) in [4.78, 5) is 12.7. The highest BCUT2D eigenvalue weighted by molar-refractivity contribution is 9.10. The zero-order valence-corrected chi connectivity index (χ0v) is 12.2. The first kappa shape index (κ1) is 13.7. The van der Waals surface area contributed by atoms with E-state index in [1.54, 1.807) is 11.3 Å². The van der Waals surface area contributed by atoms with Crippen molar-refractivity contribution < 1.29 is 9.53 Å². The topological polar surface area (TPSA) is 38.3 Å². The van der Waals surface area contributed by atoms with E-state index in [1.807, 2.05) is 32.2 Å². The van der Waals surface area contributed by atoms with E-state index >= 15 is 0 Å². The second kappa shape index (κ2) is 5.29. The maximum absolute atomic E-state index is 11.5. The Morgan fingerprint density at radius 1 is 1.62 bits per heavy atom. The molecule has 0 saturated carbocycles. The largest absolute Gasteiger partial charge is 0.468 e. The molecule has 0 saturated heterocycles. The average Bonchev–Trinajstić information content (AvgIpc) is 2.62. The van der Waals surface area contributed by atoms with Crippen molar-refractivity contribution in [2.45, 2.75) is 32.4 Å². The van der Waals surface area contributed by atoms with Crippen LogP contribution in [0.15, 0.2) is 15.9 Å². The highest BCUT2D eigenvalue weighted by Gasteiger charge is 2.30. The molecule has 0 aliphatic heterocycles. The molecule has 0 aliphatic carbocycles. The van der Waals surface area contributed by atoms with E-state index in [0.29, 0.717) is 0 Å². The van der Waals surface area contributed by atoms with E-state index in [2.05, 4.69) is 21.2 Å². The van der Waals surface area contributed by atoms with E-state index in [9.17, 15) is 4.79 Å². The van der Waals surface area contributed by atoms with Crippen LogP contribution in [0.4, 0.5) is 0 Å². The van der Waals surface area contributed by atoms with Crippen LogP contribution in [0.5, 0.6) is 0 Å². The first-order valence-corrected chi connectivity index (χ1v) is 6.64. The molecule has 1 N–H and O–H groups in total. The Morgan fingerprint density at radius 2 is 2.25 bits per heavy atom. The third-order valence-corrected chi connectivity index (χ3v) is 4.36. The summed E-state index contributed by atoms with van der Waals surface area (Å²) in [6.45, 7) is 5.66. The van der Waals surface area contributed by atoms with Gasteiger partial charge in [-0.3, -0.25) is 10.1 Å². The Balaban J connectivity index is 2.75. The normalized spacial score (nSPS) is 13.6. The lowest BCUT2D eigenvalue weighted by Gasteiger charge is -2.27. The highest BCUT2D eigenvalue weighted by atomic mass is 79.9. The summed E-state index contributed by atoms with van der Waals surface area (Å²) in [6.07, 6.45) is 0. The summed E-state index contributed by atoms with van der Waals surface area (Å²) in [5.74, 6) is -0.257. The Bertz CT molecular complexity index is 376. The van der Waals surface area contributed by atoms with E-state index < -0.39 is 5.54 Å². The molecule has 0 bridgehead atoms. The van der Waals surface area contributed by atoms with Crippen LogP contribution in [0.2, 0.25) is 0 Å². The molecule has 1 unspecified atom stereocenters. The number of hydrogen-bond donors (Lipinski definition) is 1. The van der Waals surface area contributed by atoms with Crippen molar-refractivity contribution in [1.82, 2.24) is 5.32 Å². The molecular formula is C11H16BrNO2S. The van der Waals surface area contributed by atoms with Gasteiger partial charge in [0.1, 0.15) is 5.54 Å². The fourth-order valence-electron chi connectivity index (χ4n) is 1.54. The zero-order valence-electron chi connectivity index (χ0n) is 9.83. The minimum Gasteiger partial charge on any atom is -0.468 e. The molecule has 90 valence electrons. The van der Waals surface area contributed by atoms with Crippen molar-refractivity contribution in [3.05, 3.63) is 20.8 Å². The maximum atomic E-state index is 11.5. The summed E-state index contributed by atoms with van der Waals surface area (Å²) < 4.78 is 5.82. The quantitative estimate of drug-likeness (QED) is 0.869. The summed E-state index contributed by atoms with van der Waals surface area (Å²) in [5, 5.41) is 5.27. The molecule has 1 rings (SSSR count). The Morgan fingerprint density at radius 3 is 2.69 bits per heavy atom. The van der Waals surface area contributed by atoms with E-state index in [-0.39, 0.29) is 12.0 Å². The van der Waals surface area contributed by atoms with Gasteiger partial charge >= 0.3 is 5.97 Å². The SMILES string of the molecule is COC(=O)C(C)(C)NC(C)c1sccc1Br. The number of ether oxygens (including phenoxy) is 1. The van der Waals surface area contributed by atoms with E-state index in [1.165, 1.54) is 12.0 Å². The van der Waals surface area contributed by atoms with Gasteiger partial charge < -0.3 is 4.74 Å². The third kappa shape index (κ3) is 3.06. The molecule has 0 radical (unpaired) electrons. The molecular weight excluding hydrogens is 290 g/mol. The lowest BCUT2D eigenvalue weighted by atomic mass is 10.0. The number of carbonyl (C=O) groups is 1. The van der Waals surface area contributed by atoms with Crippen molar-refractivity contribution >= 4 is 33.2 Å². The fourth-order valence-corrected chi connectivity index (χ4v) is 3.26. The molecule has 16 heavy (non-hydrogen) atoms. The van der Waals surface area contributed by atoms with Crippen molar-refractivity contribution in [3.63, 3.8) is 0 Å². The third-order valence-electron chi connectivity index (χ3n) is 2.31.